The Hall–Kier alpha value is -2.15. The first kappa shape index (κ1) is 18.6. The van der Waals surface area contributed by atoms with Gasteiger partial charge < -0.3 is 19.7 Å². The van der Waals surface area contributed by atoms with Gasteiger partial charge in [-0.25, -0.2) is 0 Å². The molecule has 26 heavy (non-hydrogen) atoms. The van der Waals surface area contributed by atoms with Crippen molar-refractivity contribution in [3.63, 3.8) is 0 Å². The third-order valence-corrected chi connectivity index (χ3v) is 4.63. The first-order valence-electron chi connectivity index (χ1n) is 9.20. The molecule has 1 unspecified atom stereocenters. The maximum Gasteiger partial charge on any atom is 0.289 e. The Balaban J connectivity index is 0.000000151. The summed E-state index contributed by atoms with van der Waals surface area (Å²) in [7, 11) is 0. The molecule has 0 aliphatic carbocycles. The Labute approximate surface area is 154 Å². The number of likely N-dealkylation sites (tertiary alicyclic amines) is 1. The Morgan fingerprint density at radius 1 is 1.12 bits per heavy atom. The summed E-state index contributed by atoms with van der Waals surface area (Å²) in [6, 6.07) is 13.8. The lowest BCUT2D eigenvalue weighted by Crippen LogP contribution is -2.46. The van der Waals surface area contributed by atoms with E-state index in [2.05, 4.69) is 34.5 Å². The lowest BCUT2D eigenvalue weighted by molar-refractivity contribution is 0.0703. The van der Waals surface area contributed by atoms with Gasteiger partial charge in [-0.1, -0.05) is 30.3 Å². The number of piperazine rings is 1. The summed E-state index contributed by atoms with van der Waals surface area (Å²) >= 11 is 0. The molecule has 1 aromatic carbocycles. The van der Waals surface area contributed by atoms with E-state index >= 15 is 0 Å². The van der Waals surface area contributed by atoms with E-state index in [1.54, 1.807) is 17.0 Å². The van der Waals surface area contributed by atoms with Gasteiger partial charge in [0, 0.05) is 45.8 Å². The summed E-state index contributed by atoms with van der Waals surface area (Å²) in [6.45, 7) is 6.08. The molecule has 1 atom stereocenters. The fourth-order valence-electron chi connectivity index (χ4n) is 3.22. The van der Waals surface area contributed by atoms with Gasteiger partial charge in [-0.3, -0.25) is 9.69 Å². The molecule has 140 valence electrons. The highest BCUT2D eigenvalue weighted by atomic mass is 16.3. The molecule has 1 aromatic heterocycles. The van der Waals surface area contributed by atoms with E-state index in [9.17, 15) is 9.90 Å². The molecule has 6 heteroatoms. The van der Waals surface area contributed by atoms with Gasteiger partial charge in [0.15, 0.2) is 5.76 Å². The number of carbonyl (C=O) groups is 1. The van der Waals surface area contributed by atoms with Crippen molar-refractivity contribution in [3.05, 3.63) is 60.1 Å². The van der Waals surface area contributed by atoms with Crippen molar-refractivity contribution < 1.29 is 14.3 Å². The van der Waals surface area contributed by atoms with Crippen LogP contribution in [0.25, 0.3) is 0 Å². The molecule has 0 radical (unpaired) electrons. The average molecular weight is 357 g/mol. The second kappa shape index (κ2) is 9.52. The van der Waals surface area contributed by atoms with E-state index in [-0.39, 0.29) is 12.0 Å². The zero-order chi connectivity index (χ0) is 18.2. The smallest absolute Gasteiger partial charge is 0.289 e. The van der Waals surface area contributed by atoms with Crippen LogP contribution in [0.5, 0.6) is 0 Å². The van der Waals surface area contributed by atoms with Crippen LogP contribution in [0.2, 0.25) is 0 Å². The van der Waals surface area contributed by atoms with Crippen LogP contribution in [0.3, 0.4) is 0 Å². The SMILES string of the molecule is O=C(c1ccco1)N1CCNCC1.OC1CCN(Cc2ccccc2)C1. The number of benzene rings is 1. The number of furan rings is 1. The number of hydrogen-bond acceptors (Lipinski definition) is 5. The Morgan fingerprint density at radius 2 is 1.88 bits per heavy atom. The molecule has 2 N–H and O–H groups in total. The normalized spacial score (nSPS) is 20.5. The van der Waals surface area contributed by atoms with E-state index in [1.165, 1.54) is 11.8 Å². The number of aliphatic hydroxyl groups excluding tert-OH is 1. The molecule has 0 saturated carbocycles. The molecule has 3 heterocycles. The van der Waals surface area contributed by atoms with Gasteiger partial charge >= 0.3 is 0 Å². The summed E-state index contributed by atoms with van der Waals surface area (Å²) in [5, 5.41) is 12.5. The standard InChI is InChI=1S/C11H15NO.C9H12N2O2/c13-11-6-7-12(9-11)8-10-4-2-1-3-5-10;12-9(8-2-1-7-13-8)11-5-3-10-4-6-11/h1-5,11,13H,6-9H2;1-2,7,10H,3-6H2. The molecule has 4 rings (SSSR count). The topological polar surface area (TPSA) is 69.0 Å². The van der Waals surface area contributed by atoms with Crippen molar-refractivity contribution >= 4 is 5.91 Å². The lowest BCUT2D eigenvalue weighted by Gasteiger charge is -2.26. The minimum atomic E-state index is -0.108. The molecule has 2 fully saturated rings. The summed E-state index contributed by atoms with van der Waals surface area (Å²) < 4.78 is 5.04. The van der Waals surface area contributed by atoms with E-state index in [0.717, 1.165) is 52.2 Å². The Morgan fingerprint density at radius 3 is 2.50 bits per heavy atom. The number of rotatable bonds is 3. The number of β-amino-alcohol motifs (C(OH)–C–C–N with tert-alkyl or cyclic N) is 1. The van der Waals surface area contributed by atoms with Crippen molar-refractivity contribution in [2.75, 3.05) is 39.3 Å². The van der Waals surface area contributed by atoms with Crippen LogP contribution in [0.4, 0.5) is 0 Å². The first-order chi connectivity index (χ1) is 12.7. The van der Waals surface area contributed by atoms with Gasteiger partial charge in [-0.15, -0.1) is 0 Å². The average Bonchev–Trinajstić information content (AvgIpc) is 3.35. The number of nitrogens with zero attached hydrogens (tertiary/aromatic N) is 2. The largest absolute Gasteiger partial charge is 0.459 e. The fraction of sp³-hybridized carbons (Fsp3) is 0.450. The van der Waals surface area contributed by atoms with Crippen molar-refractivity contribution in [1.29, 1.82) is 0 Å². The predicted octanol–water partition coefficient (Wildman–Crippen LogP) is 1.58. The zero-order valence-electron chi connectivity index (χ0n) is 15.0. The van der Waals surface area contributed by atoms with Crippen LogP contribution >= 0.6 is 0 Å². The maximum atomic E-state index is 11.7. The quantitative estimate of drug-likeness (QED) is 0.873. The van der Waals surface area contributed by atoms with Gasteiger partial charge in [0.05, 0.1) is 12.4 Å². The number of hydrogen-bond donors (Lipinski definition) is 2. The minimum absolute atomic E-state index is 0.00787. The second-order valence-electron chi connectivity index (χ2n) is 6.68. The van der Waals surface area contributed by atoms with Crippen LogP contribution in [0.15, 0.2) is 53.1 Å². The van der Waals surface area contributed by atoms with Gasteiger partial charge in [0.1, 0.15) is 0 Å². The fourth-order valence-corrected chi connectivity index (χ4v) is 3.22. The summed E-state index contributed by atoms with van der Waals surface area (Å²) in [5.41, 5.74) is 1.33. The summed E-state index contributed by atoms with van der Waals surface area (Å²) in [6.07, 6.45) is 2.34. The Bertz CT molecular complexity index is 654. The van der Waals surface area contributed by atoms with Crippen molar-refractivity contribution in [2.24, 2.45) is 0 Å². The van der Waals surface area contributed by atoms with Crippen LogP contribution < -0.4 is 5.32 Å². The maximum absolute atomic E-state index is 11.7. The number of carbonyl (C=O) groups excluding carboxylic acids is 1. The highest BCUT2D eigenvalue weighted by molar-refractivity contribution is 5.91. The van der Waals surface area contributed by atoms with E-state index in [0.29, 0.717) is 5.76 Å². The monoisotopic (exact) mass is 357 g/mol. The number of nitrogens with one attached hydrogen (secondary N) is 1. The molecule has 2 aromatic rings. The van der Waals surface area contributed by atoms with E-state index in [4.69, 9.17) is 4.42 Å². The van der Waals surface area contributed by atoms with Crippen molar-refractivity contribution in [2.45, 2.75) is 19.1 Å². The first-order valence-corrected chi connectivity index (χ1v) is 9.20. The number of aliphatic hydroxyl groups is 1. The molecule has 2 aliphatic rings. The highest BCUT2D eigenvalue weighted by Crippen LogP contribution is 2.12. The zero-order valence-corrected chi connectivity index (χ0v) is 15.0. The minimum Gasteiger partial charge on any atom is -0.459 e. The summed E-state index contributed by atoms with van der Waals surface area (Å²) in [5.74, 6) is 0.424. The van der Waals surface area contributed by atoms with Crippen LogP contribution in [0.1, 0.15) is 22.5 Å². The van der Waals surface area contributed by atoms with Crippen LogP contribution in [-0.2, 0) is 6.54 Å². The molecule has 6 nitrogen and oxygen atoms in total. The van der Waals surface area contributed by atoms with Crippen LogP contribution in [-0.4, -0.2) is 66.2 Å². The van der Waals surface area contributed by atoms with Gasteiger partial charge in [0.25, 0.3) is 5.91 Å². The molecule has 2 aliphatic heterocycles. The van der Waals surface area contributed by atoms with Crippen LogP contribution in [0, 0.1) is 0 Å². The van der Waals surface area contributed by atoms with Crippen molar-refractivity contribution in [1.82, 2.24) is 15.1 Å². The lowest BCUT2D eigenvalue weighted by atomic mass is 10.2. The second-order valence-corrected chi connectivity index (χ2v) is 6.68. The molecular formula is C20H27N3O3. The van der Waals surface area contributed by atoms with Gasteiger partial charge in [-0.05, 0) is 24.1 Å². The molecule has 0 bridgehead atoms. The molecule has 0 spiro atoms. The van der Waals surface area contributed by atoms with Crippen molar-refractivity contribution in [3.8, 4) is 0 Å². The van der Waals surface area contributed by atoms with E-state index < -0.39 is 0 Å². The van der Waals surface area contributed by atoms with Gasteiger partial charge in [0.2, 0.25) is 0 Å². The third kappa shape index (κ3) is 5.42. The highest BCUT2D eigenvalue weighted by Gasteiger charge is 2.20. The third-order valence-electron chi connectivity index (χ3n) is 4.63. The molecular weight excluding hydrogens is 330 g/mol. The molecule has 2 saturated heterocycles. The summed E-state index contributed by atoms with van der Waals surface area (Å²) in [4.78, 5) is 15.8. The molecule has 1 amide bonds. The van der Waals surface area contributed by atoms with E-state index in [1.807, 2.05) is 6.07 Å². The predicted molar refractivity (Wildman–Crippen MR) is 99.8 cm³/mol. The number of amides is 1. The van der Waals surface area contributed by atoms with Gasteiger partial charge in [-0.2, -0.15) is 0 Å². The Kier molecular flexibility index (Phi) is 6.82.